The Morgan fingerprint density at radius 1 is 1.06 bits per heavy atom. The lowest BCUT2D eigenvalue weighted by Crippen LogP contribution is -2.63. The average Bonchev–Trinajstić information content (AvgIpc) is 4.10. The summed E-state index contributed by atoms with van der Waals surface area (Å²) in [6, 6.07) is 1.70. The number of esters is 1. The van der Waals surface area contributed by atoms with Crippen LogP contribution in [0.2, 0.25) is 5.02 Å². The molecule has 11 atom stereocenters. The zero-order valence-corrected chi connectivity index (χ0v) is 48.6. The largest absolute Gasteiger partial charge is 0.495 e. The summed E-state index contributed by atoms with van der Waals surface area (Å²) in [7, 11) is 5.89. The van der Waals surface area contributed by atoms with Gasteiger partial charge in [0.05, 0.1) is 31.4 Å². The second-order valence-corrected chi connectivity index (χ2v) is 23.0. The number of anilines is 1. The number of carbonyl (C=O) groups excluding carboxylic acids is 8. The van der Waals surface area contributed by atoms with Gasteiger partial charge in [0.2, 0.25) is 35.4 Å². The van der Waals surface area contributed by atoms with Gasteiger partial charge in [-0.1, -0.05) is 54.8 Å². The van der Waals surface area contributed by atoms with Crippen LogP contribution in [0.5, 0.6) is 5.75 Å². The molecule has 0 spiro atoms. The fourth-order valence-electron chi connectivity index (χ4n) is 11.4. The molecular weight excluding hydrogens is 1050 g/mol. The molecule has 1 aliphatic carbocycles. The topological polar surface area (TPSA) is 278 Å². The van der Waals surface area contributed by atoms with E-state index in [1.54, 1.807) is 51.3 Å². The van der Waals surface area contributed by atoms with Gasteiger partial charge in [0.25, 0.3) is 0 Å². The van der Waals surface area contributed by atoms with E-state index in [1.165, 1.54) is 42.9 Å². The molecular formula is C58H84ClN7O14. The van der Waals surface area contributed by atoms with Crippen LogP contribution in [0.25, 0.3) is 0 Å². The van der Waals surface area contributed by atoms with Crippen LogP contribution >= 0.6 is 11.6 Å². The first kappa shape index (κ1) is 63.5. The van der Waals surface area contributed by atoms with Gasteiger partial charge in [0, 0.05) is 70.8 Å². The lowest BCUT2D eigenvalue weighted by molar-refractivity contribution is -0.162. The van der Waals surface area contributed by atoms with E-state index in [0.717, 1.165) is 24.0 Å². The number of ether oxygens (including phenoxy) is 5. The van der Waals surface area contributed by atoms with Crippen molar-refractivity contribution in [2.24, 2.45) is 29.4 Å². The summed E-state index contributed by atoms with van der Waals surface area (Å²) in [4.78, 5) is 112. The van der Waals surface area contributed by atoms with Gasteiger partial charge in [0.1, 0.15) is 40.7 Å². The maximum atomic E-state index is 14.4. The Balaban J connectivity index is 1.06. The van der Waals surface area contributed by atoms with Crippen LogP contribution in [0.3, 0.4) is 0 Å². The van der Waals surface area contributed by atoms with Gasteiger partial charge in [-0.15, -0.1) is 6.58 Å². The molecule has 6 N–H and O–H groups in total. The minimum Gasteiger partial charge on any atom is -0.495 e. The van der Waals surface area contributed by atoms with Crippen molar-refractivity contribution in [3.05, 3.63) is 59.2 Å². The molecule has 4 fully saturated rings. The van der Waals surface area contributed by atoms with E-state index in [4.69, 9.17) is 41.0 Å². The van der Waals surface area contributed by atoms with Crippen molar-refractivity contribution in [3.8, 4) is 5.75 Å². The molecule has 5 aliphatic rings. The SMILES string of the molecule is C=CC(C)N[C@@H](CCCCN)C(=O)NC(=O)C1CCC(CN2C(=O)CC(CCCC(=O)N(C)[C@@H](C)C(=O)O[C@H]3CC(=O)N(C)c4cc(cc(OC)c4Cl)C/C(C)=C/C=C/[C@@H](OC)[C@@]4(O)C[C@H](OC(=O)N4)[C@@H](C)[C@@H]4O[C@@]34C)C2=O)CC1. The maximum absolute atomic E-state index is 14.4. The number of imide groups is 2. The normalized spacial score (nSPS) is 30.3. The second-order valence-electron chi connectivity index (χ2n) is 22.6. The Morgan fingerprint density at radius 2 is 1.77 bits per heavy atom. The minimum atomic E-state index is -1.89. The molecule has 7 amide bonds. The third-order valence-corrected chi connectivity index (χ3v) is 17.2. The number of nitrogens with one attached hydrogen (secondary N) is 3. The number of nitrogens with zero attached hydrogens (tertiary/aromatic N) is 3. The highest BCUT2D eigenvalue weighted by molar-refractivity contribution is 6.35. The van der Waals surface area contributed by atoms with Crippen LogP contribution in [0.1, 0.15) is 124 Å². The molecule has 21 nitrogen and oxygen atoms in total. The Hall–Kier alpha value is -5.71. The predicted octanol–water partition coefficient (Wildman–Crippen LogP) is 5.17. The second kappa shape index (κ2) is 27.8. The third-order valence-electron chi connectivity index (χ3n) is 16.8. The van der Waals surface area contributed by atoms with Crippen LogP contribution in [0, 0.1) is 23.7 Å². The van der Waals surface area contributed by atoms with Crippen molar-refractivity contribution < 1.29 is 67.1 Å². The number of hydrogen-bond acceptors (Lipinski definition) is 16. The molecule has 4 aliphatic heterocycles. The first-order chi connectivity index (χ1) is 37.9. The summed E-state index contributed by atoms with van der Waals surface area (Å²) >= 11 is 6.83. The molecule has 1 aromatic carbocycles. The monoisotopic (exact) mass is 1140 g/mol. The van der Waals surface area contributed by atoms with Gasteiger partial charge in [-0.2, -0.15) is 0 Å². The highest BCUT2D eigenvalue weighted by Gasteiger charge is 2.64. The molecule has 0 radical (unpaired) electrons. The van der Waals surface area contributed by atoms with E-state index in [9.17, 15) is 43.5 Å². The van der Waals surface area contributed by atoms with Crippen LogP contribution in [0.4, 0.5) is 10.5 Å². The van der Waals surface area contributed by atoms with Crippen molar-refractivity contribution >= 4 is 64.8 Å². The van der Waals surface area contributed by atoms with Crippen LogP contribution < -0.4 is 31.3 Å². The number of nitrogens with two attached hydrogens (primary N) is 1. The van der Waals surface area contributed by atoms with E-state index < -0.39 is 90.0 Å². The number of carbonyl (C=O) groups is 8. The molecule has 3 saturated heterocycles. The number of amides is 7. The molecule has 4 bridgehead atoms. The van der Waals surface area contributed by atoms with Crippen molar-refractivity contribution in [2.75, 3.05) is 46.3 Å². The number of halogens is 1. The van der Waals surface area contributed by atoms with Gasteiger partial charge < -0.3 is 44.3 Å². The summed E-state index contributed by atoms with van der Waals surface area (Å²) in [5.74, 6) is -4.29. The Kier molecular flexibility index (Phi) is 22.1. The molecule has 22 heteroatoms. The van der Waals surface area contributed by atoms with Gasteiger partial charge in [-0.25, -0.2) is 9.59 Å². The molecule has 80 heavy (non-hydrogen) atoms. The Morgan fingerprint density at radius 3 is 2.44 bits per heavy atom. The van der Waals surface area contributed by atoms with E-state index >= 15 is 0 Å². The van der Waals surface area contributed by atoms with Gasteiger partial charge in [-0.3, -0.25) is 49.6 Å². The quantitative estimate of drug-likeness (QED) is 0.0370. The number of likely N-dealkylation sites (N-methyl/N-ethyl adjacent to an activating group) is 1. The zero-order chi connectivity index (χ0) is 58.8. The number of epoxide rings is 1. The van der Waals surface area contributed by atoms with Crippen molar-refractivity contribution in [3.63, 3.8) is 0 Å². The molecule has 4 heterocycles. The Bertz CT molecular complexity index is 2540. The van der Waals surface area contributed by atoms with E-state index in [2.05, 4.69) is 22.5 Å². The lowest BCUT2D eigenvalue weighted by atomic mass is 9.81. The number of allylic oxidation sites excluding steroid dienone is 3. The first-order valence-electron chi connectivity index (χ1n) is 28.0. The number of methoxy groups -OCH3 is 2. The van der Waals surface area contributed by atoms with E-state index in [0.29, 0.717) is 56.5 Å². The van der Waals surface area contributed by atoms with Crippen molar-refractivity contribution in [1.29, 1.82) is 0 Å². The molecule has 6 rings (SSSR count). The van der Waals surface area contributed by atoms with Crippen LogP contribution in [-0.2, 0) is 58.9 Å². The average molecular weight is 1140 g/mol. The first-order valence-corrected chi connectivity index (χ1v) is 28.4. The summed E-state index contributed by atoms with van der Waals surface area (Å²) in [5.41, 5.74) is 4.45. The number of likely N-dealkylation sites (tertiary alicyclic amines) is 1. The molecule has 2 unspecified atom stereocenters. The van der Waals surface area contributed by atoms with Gasteiger partial charge in [-0.05, 0) is 116 Å². The highest BCUT2D eigenvalue weighted by atomic mass is 35.5. The molecule has 442 valence electrons. The Labute approximate surface area is 475 Å². The molecule has 1 saturated carbocycles. The van der Waals surface area contributed by atoms with Crippen molar-refractivity contribution in [2.45, 2.75) is 178 Å². The lowest BCUT2D eigenvalue weighted by Gasteiger charge is -2.42. The van der Waals surface area contributed by atoms with E-state index in [1.807, 2.05) is 19.9 Å². The zero-order valence-electron chi connectivity index (χ0n) is 47.9. The highest BCUT2D eigenvalue weighted by Crippen LogP contribution is 2.49. The number of unbranched alkanes of at least 4 members (excludes halogenated alkanes) is 1. The standard InChI is InChI=1S/C58H84ClN7O14/c1-11-34(3)61-41(18-12-13-25-60)53(71)62-52(70)39-23-21-37(22-24-39)32-66-49(69)29-40(54(66)72)17-15-20-47(67)64(7)36(5)55(73)79-46-30-48(68)65(8)42-27-38(28-43(76-9)50(42)59)26-33(2)16-14-19-45(77-10)58(75)31-44(78-56(74)63-58)35(4)51-57(46,6)80-51/h11,14,16,19,27-28,34-37,39-41,44-46,51,61,75H,1,12-13,15,17-18,20-26,29-32,60H2,2-10H3,(H,63,74)(H,62,70,71)/b19-14+,33-16+/t34?,35-,36+,37?,39?,40?,41+,44+,45-,46+,51+,57+,58+/m1/s1. The molecule has 1 aromatic rings. The maximum Gasteiger partial charge on any atom is 0.409 e. The molecule has 0 aromatic heterocycles. The summed E-state index contributed by atoms with van der Waals surface area (Å²) in [6.07, 6.45) is 6.80. The number of fused-ring (bicyclic) bond motifs is 5. The van der Waals surface area contributed by atoms with Crippen LogP contribution in [-0.4, -0.2) is 158 Å². The van der Waals surface area contributed by atoms with Gasteiger partial charge >= 0.3 is 12.1 Å². The van der Waals surface area contributed by atoms with E-state index in [-0.39, 0.29) is 85.2 Å². The smallest absolute Gasteiger partial charge is 0.409 e. The summed E-state index contributed by atoms with van der Waals surface area (Å²) < 4.78 is 29.5. The minimum absolute atomic E-state index is 0.00297. The van der Waals surface area contributed by atoms with Gasteiger partial charge in [0.15, 0.2) is 5.72 Å². The summed E-state index contributed by atoms with van der Waals surface area (Å²) in [6.45, 7) is 13.2. The number of aliphatic hydroxyl groups is 1. The number of alkyl carbamates (subject to hydrolysis) is 1. The third kappa shape index (κ3) is 15.4. The number of hydrogen-bond donors (Lipinski definition) is 5. The number of rotatable bonds is 20. The summed E-state index contributed by atoms with van der Waals surface area (Å²) in [5, 5.41) is 20.4. The number of benzene rings is 1. The predicted molar refractivity (Wildman–Crippen MR) is 298 cm³/mol. The fraction of sp³-hybridized carbons (Fsp3) is 0.655. The fourth-order valence-corrected chi connectivity index (χ4v) is 11.7. The van der Waals surface area contributed by atoms with Crippen LogP contribution in [0.15, 0.2) is 48.6 Å². The van der Waals surface area contributed by atoms with Crippen molar-refractivity contribution in [1.82, 2.24) is 25.8 Å².